The number of anilines is 3. The summed E-state index contributed by atoms with van der Waals surface area (Å²) in [7, 11) is -3.56. The molecule has 16 nitrogen and oxygen atoms in total. The number of aliphatic hydroxyl groups is 4. The summed E-state index contributed by atoms with van der Waals surface area (Å²) in [6.07, 6.45) is 12.5. The zero-order valence-electron chi connectivity index (χ0n) is 58.5. The smallest absolute Gasteiger partial charge is 0.264 e. The van der Waals surface area contributed by atoms with Gasteiger partial charge >= 0.3 is 0 Å². The Kier molecular flexibility index (Phi) is 32.3. The van der Waals surface area contributed by atoms with Crippen LogP contribution in [0.25, 0.3) is 0 Å². The second-order valence-electron chi connectivity index (χ2n) is 25.4. The highest BCUT2D eigenvalue weighted by Crippen LogP contribution is 2.42. The van der Waals surface area contributed by atoms with Crippen molar-refractivity contribution in [3.63, 3.8) is 0 Å². The molecule has 26 heteroatoms. The van der Waals surface area contributed by atoms with Crippen molar-refractivity contribution in [2.24, 2.45) is 0 Å². The predicted octanol–water partition coefficient (Wildman–Crippen LogP) is 17.9. The van der Waals surface area contributed by atoms with E-state index < -0.39 is 26.9 Å². The zero-order valence-corrected chi connectivity index (χ0v) is 66.1. The third kappa shape index (κ3) is 23.7. The van der Waals surface area contributed by atoms with E-state index in [1.165, 1.54) is 11.8 Å². The number of aliphatic hydroxyl groups excluding tert-OH is 1. The van der Waals surface area contributed by atoms with Gasteiger partial charge in [0, 0.05) is 163 Å². The van der Waals surface area contributed by atoms with E-state index in [0.29, 0.717) is 78.1 Å². The van der Waals surface area contributed by atoms with Gasteiger partial charge in [0.05, 0.1) is 63.1 Å². The summed E-state index contributed by atoms with van der Waals surface area (Å²) in [6, 6.07) is 52.1. The van der Waals surface area contributed by atoms with Gasteiger partial charge in [-0.2, -0.15) is 8.42 Å². The summed E-state index contributed by atoms with van der Waals surface area (Å²) >= 11 is 56.1. The molecular weight excluding hydrogens is 1530 g/mol. The number of aromatic nitrogens is 3. The van der Waals surface area contributed by atoms with Crippen molar-refractivity contribution in [1.82, 2.24) is 30.1 Å². The number of nitrogens with zero attached hydrogens (tertiary/aromatic N) is 8. The zero-order chi connectivity index (χ0) is 75.2. The van der Waals surface area contributed by atoms with Crippen LogP contribution in [0.5, 0.6) is 0 Å². The highest BCUT2D eigenvalue weighted by atomic mass is 35.5. The second-order valence-corrected chi connectivity index (χ2v) is 30.9. The third-order valence-electron chi connectivity index (χ3n) is 18.4. The monoisotopic (exact) mass is 1610 g/mol. The van der Waals surface area contributed by atoms with Crippen LogP contribution in [0.4, 0.5) is 17.1 Å². The van der Waals surface area contributed by atoms with Crippen molar-refractivity contribution in [3.05, 3.63) is 280 Å². The molecule has 556 valence electrons. The Hall–Kier alpha value is -5.59. The Morgan fingerprint density at radius 3 is 1.08 bits per heavy atom. The molecule has 0 aliphatic carbocycles. The molecule has 9 aromatic rings. The van der Waals surface area contributed by atoms with E-state index in [9.17, 15) is 23.7 Å². The maximum atomic E-state index is 11.4. The quantitative estimate of drug-likeness (QED) is 0.0480. The molecule has 0 spiro atoms. The maximum absolute atomic E-state index is 11.4. The molecule has 3 aliphatic rings. The molecular formula is C78H88Cl9N9O7S. The highest BCUT2D eigenvalue weighted by Gasteiger charge is 2.38. The fourth-order valence-corrected chi connectivity index (χ4v) is 15.0. The fourth-order valence-electron chi connectivity index (χ4n) is 12.7. The summed E-state index contributed by atoms with van der Waals surface area (Å²) in [5, 5.41) is 50.1. The van der Waals surface area contributed by atoms with E-state index in [2.05, 4.69) is 85.3 Å². The van der Waals surface area contributed by atoms with Crippen molar-refractivity contribution >= 4 is 132 Å². The van der Waals surface area contributed by atoms with Crippen LogP contribution in [0.3, 0.4) is 0 Å². The van der Waals surface area contributed by atoms with Gasteiger partial charge in [0.1, 0.15) is 16.8 Å². The fraction of sp³-hybridized carbons (Fsp3) is 0.346. The molecule has 5 N–H and O–H groups in total. The molecule has 0 saturated carbocycles. The lowest BCUT2D eigenvalue weighted by molar-refractivity contribution is -0.0110. The van der Waals surface area contributed by atoms with Crippen molar-refractivity contribution in [3.8, 4) is 0 Å². The molecule has 3 aliphatic heterocycles. The van der Waals surface area contributed by atoms with Crippen LogP contribution in [-0.2, 0) is 31.1 Å². The number of hydrogen-bond acceptors (Lipinski definition) is 16. The predicted molar refractivity (Wildman–Crippen MR) is 429 cm³/mol. The van der Waals surface area contributed by atoms with Gasteiger partial charge in [-0.3, -0.25) is 28.9 Å². The van der Waals surface area contributed by atoms with E-state index in [1.807, 2.05) is 111 Å². The lowest BCUT2D eigenvalue weighted by Crippen LogP contribution is -2.52. The third-order valence-corrected chi connectivity index (χ3v) is 21.3. The number of nitrogens with one attached hydrogen (secondary N) is 1. The number of rotatable bonds is 19. The number of piperazine rings is 3. The van der Waals surface area contributed by atoms with E-state index in [1.54, 1.807) is 75.2 Å². The molecule has 3 saturated heterocycles. The minimum Gasteiger partial charge on any atom is -0.397 e. The van der Waals surface area contributed by atoms with Gasteiger partial charge < -0.3 is 40.4 Å². The van der Waals surface area contributed by atoms with E-state index >= 15 is 0 Å². The topological polar surface area (TPSA) is 191 Å². The average Bonchev–Trinajstić information content (AvgIpc) is 0.783. The molecule has 6 atom stereocenters. The number of hydrogen-bond donors (Lipinski definition) is 5. The lowest BCUT2D eigenvalue weighted by atomic mass is 9.90. The summed E-state index contributed by atoms with van der Waals surface area (Å²) in [6.45, 7) is 15.8. The van der Waals surface area contributed by atoms with E-state index in [0.717, 1.165) is 109 Å². The number of benzene rings is 6. The Bertz CT molecular complexity index is 4070. The minimum absolute atomic E-state index is 0.0506. The molecule has 0 bridgehead atoms. The molecule has 104 heavy (non-hydrogen) atoms. The number of β-amino-alcohol motifs (C(OH)–C–C–N with tert-alkyl or cyclic N) is 2. The van der Waals surface area contributed by atoms with Crippen molar-refractivity contribution < 1.29 is 33.0 Å². The highest BCUT2D eigenvalue weighted by molar-refractivity contribution is 7.86. The molecule has 0 radical (unpaired) electrons. The van der Waals surface area contributed by atoms with Crippen molar-refractivity contribution in [2.45, 2.75) is 81.9 Å². The first-order valence-electron chi connectivity index (χ1n) is 34.1. The number of halogens is 9. The molecule has 3 aromatic heterocycles. The van der Waals surface area contributed by atoms with Gasteiger partial charge in [-0.1, -0.05) is 180 Å². The first kappa shape index (κ1) is 84.0. The van der Waals surface area contributed by atoms with Crippen LogP contribution in [0.1, 0.15) is 98.5 Å². The normalized spacial score (nSPS) is 18.1. The standard InChI is InChI=1S/2C25H26Cl3N3O.C16H15Cl3N2.C10H15NO4S.C2H6O/c2*1-2-25(32,19-4-3-11-29-15-19)17-30-12-13-31(23-10-9-21(27)14-22(23)28)24(16-30)18-5-7-20(26)8-6-18;17-12-3-1-11(2-4-12)16-10-20-7-8-21(16)15-6-5-13(18)9-14(15)19;1-3-10(12,8-15-16(2,13)14)9-5-4-6-11-7-9;1-2-3/h2*3-11,14-15,24,32H,2,12-13,16-17H2,1H3;1-6,9,16,20H,7-8,10H2;4-7,12H,3,8H2,1-2H3;3H,2H2,1H3/t24-,25+;24-,25-;16-;10-;/m0001./s1. The second kappa shape index (κ2) is 40.0. The minimum atomic E-state index is -3.56. The van der Waals surface area contributed by atoms with Crippen LogP contribution in [-0.4, -0.2) is 145 Å². The Morgan fingerprint density at radius 1 is 0.452 bits per heavy atom. The average molecular weight is 1610 g/mol. The molecule has 6 aromatic carbocycles. The SMILES string of the molecule is CCO.CC[C@@](O)(CN1CCN(c2ccc(Cl)cc2Cl)[C@H](c2ccc(Cl)cc2)C1)c1cccnc1.CC[C@@](O)(COS(C)(=O)=O)c1cccnc1.CC[C@](O)(CN1CCN(c2ccc(Cl)cc2Cl)[C@H](c2ccc(Cl)cc2)C1)c1cccnc1.Clc1ccc([C@@H]2CNCCN2c2ccc(Cl)cc2Cl)cc1. The van der Waals surface area contributed by atoms with Crippen LogP contribution >= 0.6 is 104 Å². The summed E-state index contributed by atoms with van der Waals surface area (Å²) < 4.78 is 26.4. The summed E-state index contributed by atoms with van der Waals surface area (Å²) in [5.74, 6) is 0. The first-order valence-corrected chi connectivity index (χ1v) is 39.4. The van der Waals surface area contributed by atoms with Gasteiger partial charge in [0.15, 0.2) is 0 Å². The molecule has 0 amide bonds. The van der Waals surface area contributed by atoms with Gasteiger partial charge in [0.2, 0.25) is 0 Å². The maximum Gasteiger partial charge on any atom is 0.264 e. The molecule has 3 fully saturated rings. The van der Waals surface area contributed by atoms with Crippen molar-refractivity contribution in [2.75, 3.05) is 106 Å². The first-order chi connectivity index (χ1) is 49.7. The lowest BCUT2D eigenvalue weighted by Gasteiger charge is -2.45. The van der Waals surface area contributed by atoms with E-state index in [-0.39, 0.29) is 31.3 Å². The van der Waals surface area contributed by atoms with Crippen molar-refractivity contribution in [1.29, 1.82) is 0 Å². The molecule has 6 heterocycles. The van der Waals surface area contributed by atoms with Gasteiger partial charge in [-0.25, -0.2) is 0 Å². The summed E-state index contributed by atoms with van der Waals surface area (Å²) in [5.41, 5.74) is 5.42. The largest absolute Gasteiger partial charge is 0.397 e. The van der Waals surface area contributed by atoms with Crippen LogP contribution in [0, 0.1) is 0 Å². The van der Waals surface area contributed by atoms with E-state index in [4.69, 9.17) is 110 Å². The summed E-state index contributed by atoms with van der Waals surface area (Å²) in [4.78, 5) is 23.9. The Labute approximate surface area is 657 Å². The molecule has 12 rings (SSSR count). The van der Waals surface area contributed by atoms with Crippen LogP contribution < -0.4 is 20.0 Å². The van der Waals surface area contributed by atoms with Gasteiger partial charge in [0.25, 0.3) is 10.1 Å². The molecule has 0 unspecified atom stereocenters. The van der Waals surface area contributed by atoms with Gasteiger partial charge in [-0.15, -0.1) is 0 Å². The Morgan fingerprint density at radius 2 is 0.769 bits per heavy atom. The van der Waals surface area contributed by atoms with Crippen LogP contribution in [0.15, 0.2) is 201 Å². The van der Waals surface area contributed by atoms with Crippen LogP contribution in [0.2, 0.25) is 45.2 Å². The number of pyridine rings is 3. The van der Waals surface area contributed by atoms with Gasteiger partial charge in [-0.05, 0) is 152 Å². The Balaban J connectivity index is 0.000000179.